The molecule has 4 heteroatoms. The summed E-state index contributed by atoms with van der Waals surface area (Å²) in [5.41, 5.74) is 2.97. The number of aromatic nitrogens is 3. The van der Waals surface area contributed by atoms with Crippen LogP contribution >= 0.6 is 15.9 Å². The molecule has 0 aliphatic carbocycles. The maximum Gasteiger partial charge on any atom is 0.157 e. The van der Waals surface area contributed by atoms with Crippen LogP contribution in [0.4, 0.5) is 0 Å². The number of nitrogens with zero attached hydrogens (tertiary/aromatic N) is 2. The van der Waals surface area contributed by atoms with Gasteiger partial charge in [0.2, 0.25) is 0 Å². The van der Waals surface area contributed by atoms with Crippen molar-refractivity contribution in [2.45, 2.75) is 6.42 Å². The first-order chi connectivity index (χ1) is 8.31. The fourth-order valence-electron chi connectivity index (χ4n) is 1.79. The molecule has 0 atom stereocenters. The van der Waals surface area contributed by atoms with Crippen LogP contribution in [-0.2, 0) is 6.42 Å². The summed E-state index contributed by atoms with van der Waals surface area (Å²) in [4.78, 5) is 12.0. The van der Waals surface area contributed by atoms with Crippen LogP contribution in [0.1, 0.15) is 11.4 Å². The molecule has 0 bridgehead atoms. The smallest absolute Gasteiger partial charge is 0.157 e. The zero-order valence-corrected chi connectivity index (χ0v) is 10.6. The number of hydrogen-bond acceptors (Lipinski definition) is 2. The Kier molecular flexibility index (Phi) is 2.65. The van der Waals surface area contributed by atoms with Crippen molar-refractivity contribution in [2.75, 3.05) is 0 Å². The van der Waals surface area contributed by atoms with Crippen molar-refractivity contribution in [1.82, 2.24) is 15.0 Å². The summed E-state index contributed by atoms with van der Waals surface area (Å²) < 4.78 is 0.947. The minimum absolute atomic E-state index is 0.800. The highest BCUT2D eigenvalue weighted by Gasteiger charge is 2.04. The predicted molar refractivity (Wildman–Crippen MR) is 70.8 cm³/mol. The van der Waals surface area contributed by atoms with Crippen LogP contribution in [0.2, 0.25) is 0 Å². The Morgan fingerprint density at radius 3 is 2.82 bits per heavy atom. The fraction of sp³-hybridized carbons (Fsp3) is 0.0769. The van der Waals surface area contributed by atoms with Crippen molar-refractivity contribution in [3.05, 3.63) is 58.5 Å². The molecule has 0 saturated carbocycles. The zero-order chi connectivity index (χ0) is 11.7. The lowest BCUT2D eigenvalue weighted by Gasteiger charge is -1.95. The molecule has 0 spiro atoms. The topological polar surface area (TPSA) is 41.6 Å². The van der Waals surface area contributed by atoms with Gasteiger partial charge in [-0.1, -0.05) is 30.3 Å². The first kappa shape index (κ1) is 10.5. The summed E-state index contributed by atoms with van der Waals surface area (Å²) in [6, 6.07) is 12.2. The van der Waals surface area contributed by atoms with E-state index in [1.807, 2.05) is 24.3 Å². The van der Waals surface area contributed by atoms with E-state index in [4.69, 9.17) is 0 Å². The Morgan fingerprint density at radius 2 is 2.00 bits per heavy atom. The molecule has 1 aromatic carbocycles. The third kappa shape index (κ3) is 2.22. The molecular formula is C13H10BrN3. The Hall–Kier alpha value is -1.68. The molecule has 0 aliphatic heterocycles. The summed E-state index contributed by atoms with van der Waals surface area (Å²) in [6.45, 7) is 0. The number of nitrogens with one attached hydrogen (secondary N) is 1. The quantitative estimate of drug-likeness (QED) is 0.786. The molecule has 0 fully saturated rings. The molecule has 3 nitrogen and oxygen atoms in total. The molecule has 0 unspecified atom stereocenters. The molecular weight excluding hydrogens is 278 g/mol. The second kappa shape index (κ2) is 4.30. The highest BCUT2D eigenvalue weighted by molar-refractivity contribution is 9.10. The summed E-state index contributed by atoms with van der Waals surface area (Å²) in [5.74, 6) is 0.941. The minimum atomic E-state index is 0.800. The van der Waals surface area contributed by atoms with Crippen LogP contribution in [0.5, 0.6) is 0 Å². The lowest BCUT2D eigenvalue weighted by atomic mass is 10.1. The van der Waals surface area contributed by atoms with Gasteiger partial charge in [-0.3, -0.25) is 0 Å². The van der Waals surface area contributed by atoms with Gasteiger partial charge in [0.1, 0.15) is 11.3 Å². The lowest BCUT2D eigenvalue weighted by Crippen LogP contribution is -1.89. The van der Waals surface area contributed by atoms with E-state index in [0.29, 0.717) is 0 Å². The number of halogens is 1. The molecule has 0 saturated heterocycles. The van der Waals surface area contributed by atoms with Crippen LogP contribution < -0.4 is 0 Å². The molecule has 2 heterocycles. The molecule has 0 radical (unpaired) electrons. The summed E-state index contributed by atoms with van der Waals surface area (Å²) in [5, 5.41) is 0. The predicted octanol–water partition coefficient (Wildman–Crippen LogP) is 3.31. The van der Waals surface area contributed by atoms with Crippen LogP contribution in [0.25, 0.3) is 11.2 Å². The average Bonchev–Trinajstić information content (AvgIpc) is 2.71. The Balaban J connectivity index is 1.96. The molecule has 3 rings (SSSR count). The number of hydrogen-bond donors (Lipinski definition) is 1. The van der Waals surface area contributed by atoms with Crippen molar-refractivity contribution in [3.8, 4) is 0 Å². The van der Waals surface area contributed by atoms with E-state index in [1.165, 1.54) is 5.56 Å². The number of benzene rings is 1. The number of rotatable bonds is 2. The van der Waals surface area contributed by atoms with Gasteiger partial charge >= 0.3 is 0 Å². The Bertz CT molecular complexity index is 646. The van der Waals surface area contributed by atoms with Gasteiger partial charge in [-0.25, -0.2) is 9.97 Å². The van der Waals surface area contributed by atoms with Crippen molar-refractivity contribution >= 4 is 27.1 Å². The summed E-state index contributed by atoms with van der Waals surface area (Å²) in [6.07, 6.45) is 2.57. The van der Waals surface area contributed by atoms with Crippen molar-refractivity contribution in [3.63, 3.8) is 0 Å². The molecule has 2 aromatic heterocycles. The maximum absolute atomic E-state index is 4.52. The first-order valence-corrected chi connectivity index (χ1v) is 6.14. The second-order valence-corrected chi connectivity index (χ2v) is 4.78. The molecule has 17 heavy (non-hydrogen) atoms. The first-order valence-electron chi connectivity index (χ1n) is 5.35. The monoisotopic (exact) mass is 287 g/mol. The van der Waals surface area contributed by atoms with E-state index in [-0.39, 0.29) is 0 Å². The number of H-pyrrole nitrogens is 1. The normalized spacial score (nSPS) is 10.9. The Labute approximate surface area is 107 Å². The summed E-state index contributed by atoms with van der Waals surface area (Å²) in [7, 11) is 0. The fourth-order valence-corrected chi connectivity index (χ4v) is 2.11. The lowest BCUT2D eigenvalue weighted by molar-refractivity contribution is 1.03. The van der Waals surface area contributed by atoms with Gasteiger partial charge in [-0.15, -0.1) is 0 Å². The van der Waals surface area contributed by atoms with E-state index in [2.05, 4.69) is 43.0 Å². The van der Waals surface area contributed by atoms with Gasteiger partial charge in [0.25, 0.3) is 0 Å². The maximum atomic E-state index is 4.52. The zero-order valence-electron chi connectivity index (χ0n) is 9.02. The molecule has 1 N–H and O–H groups in total. The Morgan fingerprint density at radius 1 is 1.18 bits per heavy atom. The van der Waals surface area contributed by atoms with Crippen molar-refractivity contribution in [2.24, 2.45) is 0 Å². The SMILES string of the molecule is Brc1cnc2[nH]c(Cc3ccccc3)nc2c1. The average molecular weight is 288 g/mol. The largest absolute Gasteiger partial charge is 0.326 e. The number of fused-ring (bicyclic) bond motifs is 1. The number of pyridine rings is 1. The van der Waals surface area contributed by atoms with Crippen molar-refractivity contribution < 1.29 is 0 Å². The highest BCUT2D eigenvalue weighted by atomic mass is 79.9. The van der Waals surface area contributed by atoms with E-state index >= 15 is 0 Å². The van der Waals surface area contributed by atoms with Crippen LogP contribution in [0, 0.1) is 0 Å². The van der Waals surface area contributed by atoms with Gasteiger partial charge in [0.05, 0.1) is 0 Å². The molecule has 84 valence electrons. The molecule has 0 aliphatic rings. The summed E-state index contributed by atoms with van der Waals surface area (Å²) >= 11 is 3.39. The van der Waals surface area contributed by atoms with Gasteiger partial charge in [-0.05, 0) is 27.6 Å². The van der Waals surface area contributed by atoms with E-state index in [0.717, 1.165) is 27.9 Å². The van der Waals surface area contributed by atoms with Gasteiger partial charge in [0.15, 0.2) is 5.65 Å². The number of aromatic amines is 1. The van der Waals surface area contributed by atoms with Gasteiger partial charge in [-0.2, -0.15) is 0 Å². The van der Waals surface area contributed by atoms with Crippen LogP contribution in [0.3, 0.4) is 0 Å². The van der Waals surface area contributed by atoms with Gasteiger partial charge < -0.3 is 4.98 Å². The molecule has 3 aromatic rings. The third-order valence-corrected chi connectivity index (χ3v) is 3.00. The third-order valence-electron chi connectivity index (χ3n) is 2.57. The standard InChI is InChI=1S/C13H10BrN3/c14-10-7-11-13(15-8-10)17-12(16-11)6-9-4-2-1-3-5-9/h1-5,7-8H,6H2,(H,15,16,17). The highest BCUT2D eigenvalue weighted by Crippen LogP contribution is 2.16. The van der Waals surface area contributed by atoms with Gasteiger partial charge in [0, 0.05) is 17.1 Å². The molecule has 0 amide bonds. The van der Waals surface area contributed by atoms with E-state index in [1.54, 1.807) is 6.20 Å². The van der Waals surface area contributed by atoms with Crippen LogP contribution in [0.15, 0.2) is 47.1 Å². The minimum Gasteiger partial charge on any atom is -0.326 e. The number of imidazole rings is 1. The van der Waals surface area contributed by atoms with Crippen molar-refractivity contribution in [1.29, 1.82) is 0 Å². The van der Waals surface area contributed by atoms with E-state index < -0.39 is 0 Å². The van der Waals surface area contributed by atoms with E-state index in [9.17, 15) is 0 Å². The second-order valence-electron chi connectivity index (χ2n) is 3.87. The van der Waals surface area contributed by atoms with Crippen LogP contribution in [-0.4, -0.2) is 15.0 Å².